The highest BCUT2D eigenvalue weighted by Gasteiger charge is 2.29. The molecule has 3 fully saturated rings. The molecule has 0 unspecified atom stereocenters. The van der Waals surface area contributed by atoms with Gasteiger partial charge in [0.2, 0.25) is 10.0 Å². The fourth-order valence-corrected chi connectivity index (χ4v) is 6.96. The Labute approximate surface area is 193 Å². The number of hydrogen-bond acceptors (Lipinski definition) is 5. The van der Waals surface area contributed by atoms with E-state index < -0.39 is 10.0 Å². The highest BCUT2D eigenvalue weighted by molar-refractivity contribution is 7.89. The van der Waals surface area contributed by atoms with Gasteiger partial charge in [0.15, 0.2) is 0 Å². The van der Waals surface area contributed by atoms with E-state index in [4.69, 9.17) is 0 Å². The van der Waals surface area contributed by atoms with Crippen molar-refractivity contribution in [1.29, 1.82) is 0 Å². The van der Waals surface area contributed by atoms with Crippen LogP contribution in [0.3, 0.4) is 0 Å². The fraction of sp³-hybridized carbons (Fsp3) is 0.783. The Balaban J connectivity index is 1.19. The monoisotopic (exact) mass is 465 g/mol. The molecule has 2 saturated heterocycles. The molecule has 1 aromatic heterocycles. The molecule has 3 heterocycles. The second-order valence-electron chi connectivity index (χ2n) is 9.56. The second-order valence-corrected chi connectivity index (χ2v) is 11.5. The predicted molar refractivity (Wildman–Crippen MR) is 125 cm³/mol. The van der Waals surface area contributed by atoms with Crippen molar-refractivity contribution in [3.63, 3.8) is 0 Å². The molecular weight excluding hydrogens is 426 g/mol. The van der Waals surface area contributed by atoms with Crippen LogP contribution in [0.5, 0.6) is 0 Å². The lowest BCUT2D eigenvalue weighted by Gasteiger charge is -2.40. The minimum Gasteiger partial charge on any atom is -0.351 e. The van der Waals surface area contributed by atoms with E-state index in [1.54, 1.807) is 17.8 Å². The summed E-state index contributed by atoms with van der Waals surface area (Å²) in [5.41, 5.74) is 0.392. The first-order chi connectivity index (χ1) is 15.4. The van der Waals surface area contributed by atoms with Crippen molar-refractivity contribution in [2.45, 2.75) is 62.3 Å². The van der Waals surface area contributed by atoms with Crippen LogP contribution in [0.1, 0.15) is 61.9 Å². The summed E-state index contributed by atoms with van der Waals surface area (Å²) in [5, 5.41) is 2.97. The molecule has 1 amide bonds. The Morgan fingerprint density at radius 2 is 1.69 bits per heavy atom. The number of carbonyl (C=O) groups excluding carboxylic acids is 1. The number of aromatic nitrogens is 1. The minimum absolute atomic E-state index is 0.211. The van der Waals surface area contributed by atoms with Gasteiger partial charge in [-0.15, -0.1) is 0 Å². The zero-order chi connectivity index (χ0) is 22.6. The number of piperazine rings is 1. The van der Waals surface area contributed by atoms with Crippen LogP contribution >= 0.6 is 0 Å². The Hall–Kier alpha value is -1.42. The third-order valence-electron chi connectivity index (χ3n) is 7.35. The molecule has 0 atom stereocenters. The lowest BCUT2D eigenvalue weighted by atomic mass is 9.94. The molecule has 8 nitrogen and oxygen atoms in total. The predicted octanol–water partition coefficient (Wildman–Crippen LogP) is 1.88. The van der Waals surface area contributed by atoms with Crippen molar-refractivity contribution in [3.05, 3.63) is 18.0 Å². The van der Waals surface area contributed by atoms with Gasteiger partial charge >= 0.3 is 0 Å². The average Bonchev–Trinajstić information content (AvgIpc) is 3.48. The van der Waals surface area contributed by atoms with E-state index in [0.29, 0.717) is 25.3 Å². The number of aryl methyl sites for hydroxylation is 1. The van der Waals surface area contributed by atoms with E-state index in [0.717, 1.165) is 58.0 Å². The summed E-state index contributed by atoms with van der Waals surface area (Å²) in [6.45, 7) is 7.26. The SMILES string of the molecule is Cn1cc(S(=O)(=O)N2CCCC2)cc1C(=O)NCCCN1CCN(C2CCCCC2)CC1. The van der Waals surface area contributed by atoms with Gasteiger partial charge in [-0.1, -0.05) is 19.3 Å². The Morgan fingerprint density at radius 3 is 2.38 bits per heavy atom. The van der Waals surface area contributed by atoms with Gasteiger partial charge in [-0.3, -0.25) is 9.69 Å². The minimum atomic E-state index is -3.50. The molecule has 9 heteroatoms. The van der Waals surface area contributed by atoms with Gasteiger partial charge in [0.25, 0.3) is 5.91 Å². The highest BCUT2D eigenvalue weighted by atomic mass is 32.2. The standard InChI is InChI=1S/C23H39N5O3S/c1-25-19-21(32(30,31)28-12-5-6-13-28)18-22(25)23(29)24-10-7-11-26-14-16-27(17-15-26)20-8-3-2-4-9-20/h18-20H,2-17H2,1H3,(H,24,29). The van der Waals surface area contributed by atoms with Gasteiger partial charge < -0.3 is 14.8 Å². The first kappa shape index (κ1) is 23.7. The smallest absolute Gasteiger partial charge is 0.267 e. The maximum absolute atomic E-state index is 12.8. The summed E-state index contributed by atoms with van der Waals surface area (Å²) in [6.07, 6.45) is 11.2. The molecule has 32 heavy (non-hydrogen) atoms. The van der Waals surface area contributed by atoms with Crippen LogP contribution in [-0.2, 0) is 17.1 Å². The third-order valence-corrected chi connectivity index (χ3v) is 9.21. The van der Waals surface area contributed by atoms with E-state index >= 15 is 0 Å². The maximum atomic E-state index is 12.8. The Morgan fingerprint density at radius 1 is 1.00 bits per heavy atom. The first-order valence-electron chi connectivity index (χ1n) is 12.4. The molecule has 0 radical (unpaired) electrons. The van der Waals surface area contributed by atoms with Crippen LogP contribution in [0.25, 0.3) is 0 Å². The Bertz CT molecular complexity index is 864. The third kappa shape index (κ3) is 5.55. The molecule has 4 rings (SSSR count). The molecule has 0 aromatic carbocycles. The van der Waals surface area contributed by atoms with Gasteiger partial charge in [0.05, 0.1) is 0 Å². The first-order valence-corrected chi connectivity index (χ1v) is 13.8. The molecule has 3 aliphatic rings. The van der Waals surface area contributed by atoms with E-state index in [2.05, 4.69) is 15.1 Å². The van der Waals surface area contributed by atoms with Gasteiger partial charge in [-0.2, -0.15) is 4.31 Å². The molecule has 0 bridgehead atoms. The quantitative estimate of drug-likeness (QED) is 0.593. The number of rotatable bonds is 8. The summed E-state index contributed by atoms with van der Waals surface area (Å²) < 4.78 is 28.6. The van der Waals surface area contributed by atoms with Crippen molar-refractivity contribution in [3.8, 4) is 0 Å². The molecule has 1 N–H and O–H groups in total. The lowest BCUT2D eigenvalue weighted by molar-refractivity contribution is 0.0779. The molecule has 2 aliphatic heterocycles. The number of carbonyl (C=O) groups is 1. The number of amides is 1. The molecule has 0 spiro atoms. The zero-order valence-corrected chi connectivity index (χ0v) is 20.3. The highest BCUT2D eigenvalue weighted by Crippen LogP contribution is 2.24. The van der Waals surface area contributed by atoms with Gasteiger partial charge in [-0.05, 0) is 44.7 Å². The summed E-state index contributed by atoms with van der Waals surface area (Å²) in [7, 11) is -1.78. The summed E-state index contributed by atoms with van der Waals surface area (Å²) in [4.78, 5) is 18.0. The van der Waals surface area contributed by atoms with Crippen LogP contribution < -0.4 is 5.32 Å². The van der Waals surface area contributed by atoms with Crippen molar-refractivity contribution >= 4 is 15.9 Å². The number of hydrogen-bond donors (Lipinski definition) is 1. The zero-order valence-electron chi connectivity index (χ0n) is 19.5. The van der Waals surface area contributed by atoms with Crippen LogP contribution in [0.15, 0.2) is 17.2 Å². The molecule has 180 valence electrons. The number of sulfonamides is 1. The van der Waals surface area contributed by atoms with E-state index in [-0.39, 0.29) is 10.8 Å². The van der Waals surface area contributed by atoms with Crippen LogP contribution in [0, 0.1) is 0 Å². The van der Waals surface area contributed by atoms with Gasteiger partial charge in [0, 0.05) is 65.1 Å². The largest absolute Gasteiger partial charge is 0.351 e. The van der Waals surface area contributed by atoms with Crippen LogP contribution in [-0.4, -0.2) is 91.4 Å². The van der Waals surface area contributed by atoms with E-state index in [1.165, 1.54) is 42.5 Å². The van der Waals surface area contributed by atoms with Crippen molar-refractivity contribution < 1.29 is 13.2 Å². The van der Waals surface area contributed by atoms with Gasteiger partial charge in [0.1, 0.15) is 10.6 Å². The molecule has 1 aromatic rings. The van der Waals surface area contributed by atoms with Crippen molar-refractivity contribution in [2.75, 3.05) is 52.4 Å². The summed E-state index contributed by atoms with van der Waals surface area (Å²) in [6, 6.07) is 2.31. The van der Waals surface area contributed by atoms with Crippen LogP contribution in [0.4, 0.5) is 0 Å². The summed E-state index contributed by atoms with van der Waals surface area (Å²) >= 11 is 0. The molecule has 1 saturated carbocycles. The number of nitrogens with one attached hydrogen (secondary N) is 1. The van der Waals surface area contributed by atoms with Crippen LogP contribution in [0.2, 0.25) is 0 Å². The maximum Gasteiger partial charge on any atom is 0.267 e. The summed E-state index contributed by atoms with van der Waals surface area (Å²) in [5.74, 6) is -0.211. The topological polar surface area (TPSA) is 77.9 Å². The van der Waals surface area contributed by atoms with E-state index in [1.807, 2.05) is 0 Å². The second kappa shape index (κ2) is 10.7. The molecule has 1 aliphatic carbocycles. The lowest BCUT2D eigenvalue weighted by Crippen LogP contribution is -2.51. The fourth-order valence-electron chi connectivity index (χ4n) is 5.37. The van der Waals surface area contributed by atoms with Gasteiger partial charge in [-0.25, -0.2) is 8.42 Å². The number of nitrogens with zero attached hydrogens (tertiary/aromatic N) is 4. The van der Waals surface area contributed by atoms with E-state index in [9.17, 15) is 13.2 Å². The Kier molecular flexibility index (Phi) is 7.91. The average molecular weight is 466 g/mol. The van der Waals surface area contributed by atoms with Crippen molar-refractivity contribution in [2.24, 2.45) is 7.05 Å². The normalized spacial score (nSPS) is 22.4. The molecular formula is C23H39N5O3S. The van der Waals surface area contributed by atoms with Crippen molar-refractivity contribution in [1.82, 2.24) is 24.0 Å².